The van der Waals surface area contributed by atoms with Crippen LogP contribution in [0.2, 0.25) is 0 Å². The van der Waals surface area contributed by atoms with E-state index in [0.717, 1.165) is 11.3 Å². The molecule has 0 aliphatic carbocycles. The number of ether oxygens (including phenoxy) is 1. The van der Waals surface area contributed by atoms with Gasteiger partial charge in [0, 0.05) is 11.7 Å². The number of rotatable bonds is 6. The molecule has 0 saturated carbocycles. The molecule has 0 spiro atoms. The van der Waals surface area contributed by atoms with Crippen LogP contribution in [0.15, 0.2) is 42.5 Å². The second-order valence-corrected chi connectivity index (χ2v) is 6.31. The van der Waals surface area contributed by atoms with Crippen molar-refractivity contribution >= 4 is 17.3 Å². The Morgan fingerprint density at radius 3 is 2.29 bits per heavy atom. The SMILES string of the molecule is COc1ccc(C)cc1NC(=O)CN(c1ccc(C)cc1)C(C)C. The number of aryl methyl sites for hydroxylation is 2. The monoisotopic (exact) mass is 326 g/mol. The van der Waals surface area contributed by atoms with E-state index in [1.54, 1.807) is 7.11 Å². The van der Waals surface area contributed by atoms with Crippen molar-refractivity contribution in [2.45, 2.75) is 33.7 Å². The van der Waals surface area contributed by atoms with Gasteiger partial charge in [0.2, 0.25) is 5.91 Å². The number of nitrogens with one attached hydrogen (secondary N) is 1. The minimum absolute atomic E-state index is 0.0619. The molecule has 24 heavy (non-hydrogen) atoms. The molecule has 2 aromatic rings. The lowest BCUT2D eigenvalue weighted by Gasteiger charge is -2.28. The van der Waals surface area contributed by atoms with E-state index in [-0.39, 0.29) is 18.5 Å². The first kappa shape index (κ1) is 17.9. The zero-order chi connectivity index (χ0) is 17.7. The Balaban J connectivity index is 2.14. The molecule has 128 valence electrons. The molecule has 0 radical (unpaired) electrons. The predicted molar refractivity (Wildman–Crippen MR) is 100 cm³/mol. The first-order chi connectivity index (χ1) is 11.4. The highest BCUT2D eigenvalue weighted by molar-refractivity contribution is 5.95. The van der Waals surface area contributed by atoms with Gasteiger partial charge in [-0.05, 0) is 57.5 Å². The van der Waals surface area contributed by atoms with Crippen molar-refractivity contribution in [1.29, 1.82) is 0 Å². The fraction of sp³-hybridized carbons (Fsp3) is 0.350. The topological polar surface area (TPSA) is 41.6 Å². The molecule has 2 aromatic carbocycles. The van der Waals surface area contributed by atoms with E-state index in [4.69, 9.17) is 4.74 Å². The second-order valence-electron chi connectivity index (χ2n) is 6.31. The standard InChI is InChI=1S/C20H26N2O2/c1-14(2)22(17-9-6-15(3)7-10-17)13-20(23)21-18-12-16(4)8-11-19(18)24-5/h6-12,14H,13H2,1-5H3,(H,21,23). The highest BCUT2D eigenvalue weighted by Gasteiger charge is 2.16. The van der Waals surface area contributed by atoms with E-state index < -0.39 is 0 Å². The largest absolute Gasteiger partial charge is 0.495 e. The molecule has 0 aromatic heterocycles. The third-order valence-corrected chi connectivity index (χ3v) is 3.93. The first-order valence-electron chi connectivity index (χ1n) is 8.18. The molecule has 0 aliphatic heterocycles. The summed E-state index contributed by atoms with van der Waals surface area (Å²) in [5.41, 5.74) is 4.03. The van der Waals surface area contributed by atoms with Crippen LogP contribution in [0, 0.1) is 13.8 Å². The number of hydrogen-bond donors (Lipinski definition) is 1. The summed E-state index contributed by atoms with van der Waals surface area (Å²) in [7, 11) is 1.60. The summed E-state index contributed by atoms with van der Waals surface area (Å²) < 4.78 is 5.32. The van der Waals surface area contributed by atoms with E-state index in [0.29, 0.717) is 11.4 Å². The maximum absolute atomic E-state index is 12.5. The number of methoxy groups -OCH3 is 1. The van der Waals surface area contributed by atoms with E-state index >= 15 is 0 Å². The first-order valence-corrected chi connectivity index (χ1v) is 8.18. The molecule has 0 bridgehead atoms. The van der Waals surface area contributed by atoms with Gasteiger partial charge in [-0.2, -0.15) is 0 Å². The van der Waals surface area contributed by atoms with Crippen LogP contribution in [0.3, 0.4) is 0 Å². The van der Waals surface area contributed by atoms with E-state index in [1.165, 1.54) is 5.56 Å². The summed E-state index contributed by atoms with van der Waals surface area (Å²) in [6.07, 6.45) is 0. The molecule has 0 unspecified atom stereocenters. The van der Waals surface area contributed by atoms with Gasteiger partial charge in [0.1, 0.15) is 5.75 Å². The molecule has 0 aliphatic rings. The minimum Gasteiger partial charge on any atom is -0.495 e. The van der Waals surface area contributed by atoms with E-state index in [9.17, 15) is 4.79 Å². The van der Waals surface area contributed by atoms with Crippen LogP contribution >= 0.6 is 0 Å². The Morgan fingerprint density at radius 2 is 1.71 bits per heavy atom. The Kier molecular flexibility index (Phi) is 5.85. The molecule has 1 N–H and O–H groups in total. The van der Waals surface area contributed by atoms with Gasteiger partial charge in [0.25, 0.3) is 0 Å². The summed E-state index contributed by atoms with van der Waals surface area (Å²) in [6.45, 7) is 8.50. The number of carbonyl (C=O) groups is 1. The van der Waals surface area contributed by atoms with Gasteiger partial charge in [0.05, 0.1) is 19.3 Å². The average Bonchev–Trinajstić information content (AvgIpc) is 2.53. The second kappa shape index (κ2) is 7.86. The van der Waals surface area contributed by atoms with Gasteiger partial charge in [0.15, 0.2) is 0 Å². The summed E-state index contributed by atoms with van der Waals surface area (Å²) >= 11 is 0. The van der Waals surface area contributed by atoms with Crippen LogP contribution < -0.4 is 15.0 Å². The highest BCUT2D eigenvalue weighted by Crippen LogP contribution is 2.25. The van der Waals surface area contributed by atoms with Gasteiger partial charge >= 0.3 is 0 Å². The van der Waals surface area contributed by atoms with Crippen LogP contribution in [0.5, 0.6) is 5.75 Å². The number of carbonyl (C=O) groups excluding carboxylic acids is 1. The van der Waals surface area contributed by atoms with Crippen molar-refractivity contribution in [3.05, 3.63) is 53.6 Å². The zero-order valence-corrected chi connectivity index (χ0v) is 15.1. The fourth-order valence-corrected chi connectivity index (χ4v) is 2.57. The van der Waals surface area contributed by atoms with Crippen molar-refractivity contribution in [1.82, 2.24) is 0 Å². The zero-order valence-electron chi connectivity index (χ0n) is 15.1. The Hall–Kier alpha value is -2.49. The molecular formula is C20H26N2O2. The van der Waals surface area contributed by atoms with Crippen LogP contribution in [0.1, 0.15) is 25.0 Å². The molecule has 4 nitrogen and oxygen atoms in total. The lowest BCUT2D eigenvalue weighted by atomic mass is 10.2. The molecule has 0 saturated heterocycles. The van der Waals surface area contributed by atoms with Crippen LogP contribution in [0.25, 0.3) is 0 Å². The summed E-state index contributed by atoms with van der Waals surface area (Å²) in [5.74, 6) is 0.605. The third kappa shape index (κ3) is 4.51. The summed E-state index contributed by atoms with van der Waals surface area (Å²) in [5, 5.41) is 2.96. The normalized spacial score (nSPS) is 10.6. The van der Waals surface area contributed by atoms with Crippen molar-refractivity contribution in [3.8, 4) is 5.75 Å². The number of hydrogen-bond acceptors (Lipinski definition) is 3. The molecule has 4 heteroatoms. The van der Waals surface area contributed by atoms with Crippen LogP contribution in [0.4, 0.5) is 11.4 Å². The van der Waals surface area contributed by atoms with Crippen molar-refractivity contribution in [3.63, 3.8) is 0 Å². The van der Waals surface area contributed by atoms with Gasteiger partial charge < -0.3 is 15.0 Å². The molecule has 0 heterocycles. The Bertz CT molecular complexity index is 693. The predicted octanol–water partition coefficient (Wildman–Crippen LogP) is 4.17. The summed E-state index contributed by atoms with van der Waals surface area (Å²) in [6, 6.07) is 14.2. The van der Waals surface area contributed by atoms with Gasteiger partial charge in [-0.15, -0.1) is 0 Å². The van der Waals surface area contributed by atoms with Crippen LogP contribution in [-0.2, 0) is 4.79 Å². The molecule has 2 rings (SSSR count). The van der Waals surface area contributed by atoms with Crippen molar-refractivity contribution in [2.24, 2.45) is 0 Å². The number of anilines is 2. The van der Waals surface area contributed by atoms with E-state index in [1.807, 2.05) is 25.1 Å². The third-order valence-electron chi connectivity index (χ3n) is 3.93. The number of nitrogens with zero attached hydrogens (tertiary/aromatic N) is 1. The highest BCUT2D eigenvalue weighted by atomic mass is 16.5. The maximum Gasteiger partial charge on any atom is 0.244 e. The number of benzene rings is 2. The molecule has 0 atom stereocenters. The van der Waals surface area contributed by atoms with Gasteiger partial charge in [-0.1, -0.05) is 23.8 Å². The summed E-state index contributed by atoms with van der Waals surface area (Å²) in [4.78, 5) is 14.6. The molecule has 0 fully saturated rings. The quantitative estimate of drug-likeness (QED) is 0.866. The van der Waals surface area contributed by atoms with Crippen molar-refractivity contribution < 1.29 is 9.53 Å². The lowest BCUT2D eigenvalue weighted by molar-refractivity contribution is -0.115. The Labute approximate surface area is 144 Å². The van der Waals surface area contributed by atoms with Crippen molar-refractivity contribution in [2.75, 3.05) is 23.9 Å². The van der Waals surface area contributed by atoms with Crippen LogP contribution in [-0.4, -0.2) is 25.6 Å². The Morgan fingerprint density at radius 1 is 1.08 bits per heavy atom. The smallest absolute Gasteiger partial charge is 0.244 e. The average molecular weight is 326 g/mol. The van der Waals surface area contributed by atoms with E-state index in [2.05, 4.69) is 55.3 Å². The maximum atomic E-state index is 12.5. The lowest BCUT2D eigenvalue weighted by Crippen LogP contribution is -2.38. The minimum atomic E-state index is -0.0619. The van der Waals surface area contributed by atoms with Gasteiger partial charge in [-0.3, -0.25) is 4.79 Å². The number of amides is 1. The molecular weight excluding hydrogens is 300 g/mol. The van der Waals surface area contributed by atoms with Gasteiger partial charge in [-0.25, -0.2) is 0 Å². The fourth-order valence-electron chi connectivity index (χ4n) is 2.57. The molecule has 1 amide bonds.